The van der Waals surface area contributed by atoms with Crippen LogP contribution >= 0.6 is 0 Å². The number of hydrogen-bond donors (Lipinski definition) is 9. The van der Waals surface area contributed by atoms with Crippen molar-refractivity contribution >= 4 is 12.0 Å². The van der Waals surface area contributed by atoms with E-state index in [1.807, 2.05) is 0 Å². The molecule has 0 bridgehead atoms. The molecule has 2 saturated heterocycles. The largest absolute Gasteiger partial charge is 0.504 e. The van der Waals surface area contributed by atoms with Gasteiger partial charge in [-0.2, -0.15) is 0 Å². The number of ether oxygens (including phenoxy) is 5. The van der Waals surface area contributed by atoms with E-state index >= 15 is 0 Å². The highest BCUT2D eigenvalue weighted by atomic mass is 16.7. The number of phenolic OH excluding ortho intramolecular Hbond substituents is 4. The van der Waals surface area contributed by atoms with E-state index in [0.717, 1.165) is 6.08 Å². The van der Waals surface area contributed by atoms with E-state index in [1.165, 1.54) is 36.4 Å². The molecule has 9 unspecified atom stereocenters. The van der Waals surface area contributed by atoms with Crippen LogP contribution in [-0.2, 0) is 34.9 Å². The second-order valence-corrected chi connectivity index (χ2v) is 10.0. The van der Waals surface area contributed by atoms with Crippen molar-refractivity contribution in [2.75, 3.05) is 19.8 Å². The third kappa shape index (κ3) is 8.11. The van der Waals surface area contributed by atoms with Gasteiger partial charge in [-0.25, -0.2) is 4.79 Å². The fourth-order valence-corrected chi connectivity index (χ4v) is 4.44. The van der Waals surface area contributed by atoms with Gasteiger partial charge in [-0.1, -0.05) is 12.1 Å². The van der Waals surface area contributed by atoms with Gasteiger partial charge in [0.25, 0.3) is 0 Å². The fraction of sp³-hybridized carbons (Fsp3) is 0.464. The Kier molecular flexibility index (Phi) is 10.8. The van der Waals surface area contributed by atoms with Crippen molar-refractivity contribution in [2.45, 2.75) is 61.7 Å². The lowest BCUT2D eigenvalue weighted by molar-refractivity contribution is -0.321. The predicted molar refractivity (Wildman–Crippen MR) is 143 cm³/mol. The highest BCUT2D eigenvalue weighted by Gasteiger charge is 2.48. The number of aliphatic hydroxyl groups is 5. The van der Waals surface area contributed by atoms with Crippen molar-refractivity contribution < 1.29 is 74.4 Å². The number of phenols is 4. The summed E-state index contributed by atoms with van der Waals surface area (Å²) in [5.74, 6) is -2.37. The summed E-state index contributed by atoms with van der Waals surface area (Å²) in [4.78, 5) is 12.6. The van der Waals surface area contributed by atoms with Gasteiger partial charge in [0.1, 0.15) is 36.6 Å². The Morgan fingerprint density at radius 2 is 1.49 bits per heavy atom. The quantitative estimate of drug-likeness (QED) is 0.0853. The number of rotatable bonds is 10. The summed E-state index contributed by atoms with van der Waals surface area (Å²) < 4.78 is 27.5. The van der Waals surface area contributed by atoms with Gasteiger partial charge in [0.15, 0.2) is 41.7 Å². The summed E-state index contributed by atoms with van der Waals surface area (Å²) in [5, 5.41) is 89.6. The van der Waals surface area contributed by atoms with E-state index < -0.39 is 73.6 Å². The molecule has 2 aliphatic heterocycles. The molecule has 2 heterocycles. The van der Waals surface area contributed by atoms with Gasteiger partial charge < -0.3 is 69.6 Å². The van der Waals surface area contributed by atoms with Gasteiger partial charge in [-0.15, -0.1) is 0 Å². The average molecular weight is 611 g/mol. The average Bonchev–Trinajstić information content (AvgIpc) is 2.98. The molecule has 0 saturated carbocycles. The third-order valence-electron chi connectivity index (χ3n) is 6.90. The monoisotopic (exact) mass is 610 g/mol. The van der Waals surface area contributed by atoms with Crippen molar-refractivity contribution in [3.8, 4) is 23.0 Å². The maximum Gasteiger partial charge on any atom is 0.331 e. The first-order valence-corrected chi connectivity index (χ1v) is 13.3. The Morgan fingerprint density at radius 1 is 0.814 bits per heavy atom. The minimum Gasteiger partial charge on any atom is -0.504 e. The number of carbonyl (C=O) groups is 1. The van der Waals surface area contributed by atoms with Crippen molar-refractivity contribution in [3.05, 3.63) is 53.6 Å². The zero-order valence-corrected chi connectivity index (χ0v) is 22.6. The lowest BCUT2D eigenvalue weighted by Gasteiger charge is -2.42. The molecule has 0 spiro atoms. The third-order valence-corrected chi connectivity index (χ3v) is 6.90. The molecule has 0 aliphatic carbocycles. The van der Waals surface area contributed by atoms with Crippen LogP contribution in [0.4, 0.5) is 0 Å². The summed E-state index contributed by atoms with van der Waals surface area (Å²) in [6, 6.07) is 7.99. The lowest BCUT2D eigenvalue weighted by Crippen LogP contribution is -2.61. The Balaban J connectivity index is 1.44. The first-order valence-electron chi connectivity index (χ1n) is 13.3. The molecule has 0 amide bonds. The standard InChI is InChI=1S/C28H34O15/c29-15-4-1-13(9-17(15)31)3-6-21(34)43-26-20(12-41-27-24(37)22(35)19(33)11-40-27)42-28(25(38)23(26)36)39-8-7-14-2-5-16(30)18(32)10-14/h1-6,9-10,19-20,22-33,35-38H,7-8,11-12H2. The summed E-state index contributed by atoms with van der Waals surface area (Å²) in [6.45, 7) is -0.898. The molecule has 4 rings (SSSR count). The van der Waals surface area contributed by atoms with Gasteiger partial charge in [-0.3, -0.25) is 0 Å². The summed E-state index contributed by atoms with van der Waals surface area (Å²) >= 11 is 0. The van der Waals surface area contributed by atoms with Crippen molar-refractivity contribution in [1.82, 2.24) is 0 Å². The molecule has 2 aliphatic rings. The molecule has 0 aromatic heterocycles. The molecular formula is C28H34O15. The Labute approximate surface area is 245 Å². The van der Waals surface area contributed by atoms with E-state index in [-0.39, 0.29) is 36.9 Å². The van der Waals surface area contributed by atoms with E-state index in [1.54, 1.807) is 6.07 Å². The molecule has 0 radical (unpaired) electrons. The Morgan fingerprint density at radius 3 is 2.19 bits per heavy atom. The van der Waals surface area contributed by atoms with Gasteiger partial charge in [0.05, 0.1) is 19.8 Å². The second kappa shape index (κ2) is 14.3. The molecule has 15 heteroatoms. The number of esters is 1. The maximum absolute atomic E-state index is 12.6. The number of aliphatic hydroxyl groups excluding tert-OH is 5. The van der Waals surface area contributed by atoms with Crippen LogP contribution in [0.15, 0.2) is 42.5 Å². The first kappa shape index (κ1) is 32.4. The molecule has 43 heavy (non-hydrogen) atoms. The van der Waals surface area contributed by atoms with E-state index in [9.17, 15) is 50.8 Å². The molecule has 2 aromatic rings. The molecule has 9 atom stereocenters. The molecular weight excluding hydrogens is 576 g/mol. The minimum atomic E-state index is -1.75. The molecule has 9 N–H and O–H groups in total. The zero-order valence-electron chi connectivity index (χ0n) is 22.6. The summed E-state index contributed by atoms with van der Waals surface area (Å²) in [6.07, 6.45) is -11.2. The normalized spacial score (nSPS) is 31.2. The number of benzene rings is 2. The van der Waals surface area contributed by atoms with Crippen molar-refractivity contribution in [3.63, 3.8) is 0 Å². The van der Waals surface area contributed by atoms with Gasteiger partial charge in [0, 0.05) is 6.08 Å². The van der Waals surface area contributed by atoms with Crippen LogP contribution in [0.2, 0.25) is 0 Å². The Bertz CT molecular complexity index is 1270. The van der Waals surface area contributed by atoms with E-state index in [4.69, 9.17) is 23.7 Å². The van der Waals surface area contributed by atoms with E-state index in [0.29, 0.717) is 11.1 Å². The SMILES string of the molecule is O=C(C=Cc1ccc(O)c(O)c1)OC1C(COC2OCC(O)C(O)C2O)OC(OCCc2ccc(O)c(O)c2)C(O)C1O. The van der Waals surface area contributed by atoms with Crippen LogP contribution in [-0.4, -0.2) is 127 Å². The molecule has 2 aromatic carbocycles. The summed E-state index contributed by atoms with van der Waals surface area (Å²) in [7, 11) is 0. The predicted octanol–water partition coefficient (Wildman–Crippen LogP) is -1.40. The van der Waals surface area contributed by atoms with E-state index in [2.05, 4.69) is 0 Å². The molecule has 15 nitrogen and oxygen atoms in total. The van der Waals surface area contributed by atoms with Crippen LogP contribution in [0, 0.1) is 0 Å². The van der Waals surface area contributed by atoms with Gasteiger partial charge >= 0.3 is 5.97 Å². The maximum atomic E-state index is 12.6. The van der Waals surface area contributed by atoms with Crippen molar-refractivity contribution in [1.29, 1.82) is 0 Å². The first-order chi connectivity index (χ1) is 20.4. The van der Waals surface area contributed by atoms with Crippen molar-refractivity contribution in [2.24, 2.45) is 0 Å². The second-order valence-electron chi connectivity index (χ2n) is 10.0. The lowest BCUT2D eigenvalue weighted by atomic mass is 9.98. The van der Waals surface area contributed by atoms with Crippen LogP contribution < -0.4 is 0 Å². The number of hydrogen-bond acceptors (Lipinski definition) is 15. The van der Waals surface area contributed by atoms with Gasteiger partial charge in [-0.05, 0) is 47.9 Å². The zero-order chi connectivity index (χ0) is 31.3. The van der Waals surface area contributed by atoms with Crippen LogP contribution in [0.25, 0.3) is 6.08 Å². The molecule has 2 fully saturated rings. The Hall–Kier alpha value is -3.51. The number of carbonyl (C=O) groups excluding carboxylic acids is 1. The number of aromatic hydroxyl groups is 4. The molecule has 236 valence electrons. The van der Waals surface area contributed by atoms with Crippen LogP contribution in [0.3, 0.4) is 0 Å². The highest BCUT2D eigenvalue weighted by Crippen LogP contribution is 2.29. The summed E-state index contributed by atoms with van der Waals surface area (Å²) in [5.41, 5.74) is 0.929. The fourth-order valence-electron chi connectivity index (χ4n) is 4.44. The van der Waals surface area contributed by atoms with Gasteiger partial charge in [0.2, 0.25) is 0 Å². The highest BCUT2D eigenvalue weighted by molar-refractivity contribution is 5.87. The minimum absolute atomic E-state index is 0.0621. The van der Waals surface area contributed by atoms with Crippen LogP contribution in [0.5, 0.6) is 23.0 Å². The topological polar surface area (TPSA) is 245 Å². The smallest absolute Gasteiger partial charge is 0.331 e. The van der Waals surface area contributed by atoms with Crippen LogP contribution in [0.1, 0.15) is 11.1 Å².